The van der Waals surface area contributed by atoms with Crippen molar-refractivity contribution in [1.29, 1.82) is 0 Å². The van der Waals surface area contributed by atoms with Crippen molar-refractivity contribution in [2.24, 2.45) is 16.8 Å². The lowest BCUT2D eigenvalue weighted by molar-refractivity contribution is -0.148. The third kappa shape index (κ3) is 7.19. The zero-order valence-electron chi connectivity index (χ0n) is 25.6. The Labute approximate surface area is 262 Å². The molecule has 228 valence electrons. The molecule has 1 aliphatic heterocycles. The summed E-state index contributed by atoms with van der Waals surface area (Å²) in [7, 11) is 5.92. The number of nitrogens with zero attached hydrogens (tertiary/aromatic N) is 3. The minimum atomic E-state index is -0.849. The van der Waals surface area contributed by atoms with Crippen molar-refractivity contribution in [3.05, 3.63) is 70.7 Å². The zero-order valence-corrected chi connectivity index (χ0v) is 27.2. The number of carbonyl (C=O) groups is 1. The van der Waals surface area contributed by atoms with Crippen LogP contribution in [0.2, 0.25) is 5.02 Å². The highest BCUT2D eigenvalue weighted by Gasteiger charge is 2.54. The maximum absolute atomic E-state index is 13.7. The molecule has 0 saturated heterocycles. The van der Waals surface area contributed by atoms with E-state index in [-0.39, 0.29) is 12.0 Å². The van der Waals surface area contributed by atoms with Crippen LogP contribution in [0.25, 0.3) is 0 Å². The lowest BCUT2D eigenvalue weighted by Gasteiger charge is -2.43. The number of aliphatic imine (C=N–C) groups is 1. The molecule has 2 aromatic rings. The first-order valence-electron chi connectivity index (χ1n) is 15.9. The Hall–Kier alpha value is -2.02. The molecule has 2 fully saturated rings. The topological polar surface area (TPSA) is 45.1 Å². The zero-order chi connectivity index (χ0) is 29.5. The van der Waals surface area contributed by atoms with Crippen molar-refractivity contribution < 1.29 is 9.53 Å². The van der Waals surface area contributed by atoms with Crippen molar-refractivity contribution >= 4 is 35.7 Å². The van der Waals surface area contributed by atoms with Crippen LogP contribution in [0, 0.1) is 11.8 Å². The molecule has 2 aromatic carbocycles. The van der Waals surface area contributed by atoms with Gasteiger partial charge >= 0.3 is 5.97 Å². The molecule has 3 atom stereocenters. The minimum Gasteiger partial charge on any atom is -0.467 e. The fourth-order valence-electron chi connectivity index (χ4n) is 7.79. The maximum Gasteiger partial charge on any atom is 0.336 e. The second-order valence-corrected chi connectivity index (χ2v) is 14.3. The van der Waals surface area contributed by atoms with Gasteiger partial charge in [0.1, 0.15) is 0 Å². The summed E-state index contributed by atoms with van der Waals surface area (Å²) in [5.74, 6) is 2.53. The van der Waals surface area contributed by atoms with Crippen molar-refractivity contribution in [2.75, 3.05) is 27.0 Å². The van der Waals surface area contributed by atoms with E-state index in [0.717, 1.165) is 17.2 Å². The average Bonchev–Trinajstić information content (AvgIpc) is 3.38. The molecule has 0 bridgehead atoms. The van der Waals surface area contributed by atoms with E-state index in [2.05, 4.69) is 60.3 Å². The van der Waals surface area contributed by atoms with Crippen LogP contribution >= 0.6 is 23.4 Å². The minimum absolute atomic E-state index is 0.0544. The van der Waals surface area contributed by atoms with E-state index in [1.807, 2.05) is 36.3 Å². The smallest absolute Gasteiger partial charge is 0.336 e. The second kappa shape index (κ2) is 14.6. The van der Waals surface area contributed by atoms with E-state index in [1.165, 1.54) is 76.0 Å². The highest BCUT2D eigenvalue weighted by atomic mass is 35.5. The van der Waals surface area contributed by atoms with Crippen molar-refractivity contribution in [2.45, 2.75) is 93.6 Å². The Morgan fingerprint density at radius 3 is 2.36 bits per heavy atom. The average molecular weight is 610 g/mol. The SMILES string of the molecule is COC(=O)C1(CSCc2ccccc2)N=CN(C2CCCCC2)C1CC1CCC(C(c2ccc(Cl)cc2)N(C)C)CC1. The molecule has 2 aliphatic carbocycles. The van der Waals surface area contributed by atoms with E-state index >= 15 is 0 Å². The summed E-state index contributed by atoms with van der Waals surface area (Å²) in [6.07, 6.45) is 14.0. The summed E-state index contributed by atoms with van der Waals surface area (Å²) in [5, 5.41) is 0.789. The van der Waals surface area contributed by atoms with E-state index in [4.69, 9.17) is 21.3 Å². The Morgan fingerprint density at radius 2 is 1.71 bits per heavy atom. The first-order chi connectivity index (χ1) is 20.4. The monoisotopic (exact) mass is 609 g/mol. The predicted molar refractivity (Wildman–Crippen MR) is 176 cm³/mol. The Balaban J connectivity index is 1.31. The number of rotatable bonds is 11. The fourth-order valence-corrected chi connectivity index (χ4v) is 9.14. The number of hydrogen-bond acceptors (Lipinski definition) is 6. The van der Waals surface area contributed by atoms with Crippen LogP contribution in [0.3, 0.4) is 0 Å². The van der Waals surface area contributed by atoms with Crippen molar-refractivity contribution in [3.63, 3.8) is 0 Å². The van der Waals surface area contributed by atoms with E-state index in [1.54, 1.807) is 0 Å². The molecule has 0 N–H and O–H groups in total. The van der Waals surface area contributed by atoms with Gasteiger partial charge in [-0.15, -0.1) is 0 Å². The first kappa shape index (κ1) is 31.4. The number of benzene rings is 2. The third-order valence-corrected chi connectivity index (χ3v) is 11.4. The normalized spacial score (nSPS) is 27.4. The fraction of sp³-hybridized carbons (Fsp3) is 0.600. The number of halogens is 1. The summed E-state index contributed by atoms with van der Waals surface area (Å²) in [5.41, 5.74) is 1.78. The van der Waals surface area contributed by atoms with Crippen LogP contribution in [0.4, 0.5) is 0 Å². The Kier molecular flexibility index (Phi) is 10.9. The predicted octanol–water partition coefficient (Wildman–Crippen LogP) is 8.03. The third-order valence-electron chi connectivity index (χ3n) is 9.96. The van der Waals surface area contributed by atoms with Gasteiger partial charge < -0.3 is 14.5 Å². The lowest BCUT2D eigenvalue weighted by atomic mass is 9.72. The van der Waals surface area contributed by atoms with Crippen LogP contribution in [-0.4, -0.2) is 66.7 Å². The van der Waals surface area contributed by atoms with Gasteiger partial charge in [0.15, 0.2) is 5.54 Å². The highest BCUT2D eigenvalue weighted by Crippen LogP contribution is 2.45. The van der Waals surface area contributed by atoms with Crippen LogP contribution in [0.15, 0.2) is 59.6 Å². The van der Waals surface area contributed by atoms with Gasteiger partial charge in [0.2, 0.25) is 0 Å². The molecule has 0 amide bonds. The molecule has 3 aliphatic rings. The van der Waals surface area contributed by atoms with Gasteiger partial charge in [0.05, 0.1) is 19.5 Å². The van der Waals surface area contributed by atoms with Crippen molar-refractivity contribution in [3.8, 4) is 0 Å². The molecule has 3 unspecified atom stereocenters. The molecule has 0 spiro atoms. The number of hydrogen-bond donors (Lipinski definition) is 0. The summed E-state index contributed by atoms with van der Waals surface area (Å²) in [6, 6.07) is 19.8. The van der Waals surface area contributed by atoms with Gasteiger partial charge in [-0.2, -0.15) is 11.8 Å². The van der Waals surface area contributed by atoms with Gasteiger partial charge in [0.25, 0.3) is 0 Å². The number of carbonyl (C=O) groups excluding carboxylic acids is 1. The van der Waals surface area contributed by atoms with Gasteiger partial charge in [-0.3, -0.25) is 4.99 Å². The number of esters is 1. The summed E-state index contributed by atoms with van der Waals surface area (Å²) in [4.78, 5) is 23.6. The van der Waals surface area contributed by atoms with Gasteiger partial charge in [0, 0.05) is 28.6 Å². The molecule has 5 nitrogen and oxygen atoms in total. The summed E-state index contributed by atoms with van der Waals surface area (Å²) >= 11 is 8.02. The molecular formula is C35H48ClN3O2S. The standard InChI is InChI=1S/C35H48ClN3O2S/c1-38(2)33(29-18-20-30(36)21-19-29)28-16-14-26(15-17-28)22-32-35(34(40)41-3,24-42-23-27-10-6-4-7-11-27)37-25-39(32)31-12-8-5-9-13-31/h4,6-7,10-11,18-21,25-26,28,31-33H,5,8-9,12-17,22-24H2,1-3H3. The second-order valence-electron chi connectivity index (χ2n) is 12.9. The Bertz CT molecular complexity index is 1160. The van der Waals surface area contributed by atoms with E-state index in [9.17, 15) is 4.79 Å². The van der Waals surface area contributed by atoms with Crippen LogP contribution < -0.4 is 0 Å². The molecule has 0 radical (unpaired) electrons. The van der Waals surface area contributed by atoms with Crippen LogP contribution in [-0.2, 0) is 15.3 Å². The Morgan fingerprint density at radius 1 is 1.02 bits per heavy atom. The molecular weight excluding hydrogens is 562 g/mol. The van der Waals surface area contributed by atoms with Crippen LogP contribution in [0.5, 0.6) is 0 Å². The summed E-state index contributed by atoms with van der Waals surface area (Å²) < 4.78 is 5.52. The lowest BCUT2D eigenvalue weighted by Crippen LogP contribution is -2.56. The molecule has 42 heavy (non-hydrogen) atoms. The molecule has 5 rings (SSSR count). The molecule has 0 aromatic heterocycles. The quantitative estimate of drug-likeness (QED) is 0.241. The number of methoxy groups -OCH3 is 1. The first-order valence-corrected chi connectivity index (χ1v) is 17.4. The molecule has 2 saturated carbocycles. The largest absolute Gasteiger partial charge is 0.467 e. The molecule has 1 heterocycles. The van der Waals surface area contributed by atoms with Crippen LogP contribution in [0.1, 0.15) is 81.4 Å². The molecule has 7 heteroatoms. The van der Waals surface area contributed by atoms with E-state index in [0.29, 0.717) is 29.7 Å². The maximum atomic E-state index is 13.7. The van der Waals surface area contributed by atoms with Crippen molar-refractivity contribution in [1.82, 2.24) is 9.80 Å². The van der Waals surface area contributed by atoms with E-state index < -0.39 is 5.54 Å². The summed E-state index contributed by atoms with van der Waals surface area (Å²) in [6.45, 7) is 0. The number of thioether (sulfide) groups is 1. The van der Waals surface area contributed by atoms with Gasteiger partial charge in [-0.05, 0) is 81.3 Å². The van der Waals surface area contributed by atoms with Gasteiger partial charge in [-0.1, -0.05) is 86.2 Å². The number of ether oxygens (including phenoxy) is 1. The van der Waals surface area contributed by atoms with Gasteiger partial charge in [-0.25, -0.2) is 4.79 Å². The highest BCUT2D eigenvalue weighted by molar-refractivity contribution is 7.98.